The number of halogens is 1. The Balaban J connectivity index is 2.17. The lowest BCUT2D eigenvalue weighted by Gasteiger charge is -2.08. The van der Waals surface area contributed by atoms with Gasteiger partial charge in [0.2, 0.25) is 0 Å². The number of thiophene rings is 1. The molecule has 0 amide bonds. The largest absolute Gasteiger partial charge is 0.378 e. The third-order valence-electron chi connectivity index (χ3n) is 2.65. The summed E-state index contributed by atoms with van der Waals surface area (Å²) in [6.07, 6.45) is 1.03. The van der Waals surface area contributed by atoms with Gasteiger partial charge in [-0.05, 0) is 24.3 Å². The molecule has 0 aliphatic carbocycles. The molecule has 0 radical (unpaired) electrons. The zero-order valence-corrected chi connectivity index (χ0v) is 12.5. The van der Waals surface area contributed by atoms with Crippen LogP contribution in [0.15, 0.2) is 35.2 Å². The molecule has 21 heavy (non-hydrogen) atoms. The van der Waals surface area contributed by atoms with E-state index in [1.54, 1.807) is 6.07 Å². The van der Waals surface area contributed by atoms with Crippen LogP contribution >= 0.6 is 11.3 Å². The minimum Gasteiger partial charge on any atom is -0.378 e. The first-order valence-electron chi connectivity index (χ1n) is 5.74. The molecule has 0 aliphatic rings. The Labute approximate surface area is 124 Å². The van der Waals surface area contributed by atoms with Crippen LogP contribution in [0.2, 0.25) is 0 Å². The van der Waals surface area contributed by atoms with E-state index in [1.807, 2.05) is 0 Å². The number of hydrogen-bond donors (Lipinski definition) is 1. The monoisotopic (exact) mass is 330 g/mol. The van der Waals surface area contributed by atoms with Gasteiger partial charge in [-0.2, -0.15) is 0 Å². The van der Waals surface area contributed by atoms with Crippen LogP contribution in [0, 0.1) is 15.9 Å². The number of nitrogens with one attached hydrogen (secondary N) is 1. The lowest BCUT2D eigenvalue weighted by molar-refractivity contribution is -0.380. The Morgan fingerprint density at radius 3 is 2.62 bits per heavy atom. The third kappa shape index (κ3) is 3.76. The van der Waals surface area contributed by atoms with Gasteiger partial charge in [0.25, 0.3) is 0 Å². The number of benzene rings is 1. The molecule has 1 heterocycles. The summed E-state index contributed by atoms with van der Waals surface area (Å²) < 4.78 is 36.5. The van der Waals surface area contributed by atoms with E-state index in [1.165, 1.54) is 18.2 Å². The van der Waals surface area contributed by atoms with E-state index in [2.05, 4.69) is 5.32 Å². The number of nitro groups is 1. The minimum atomic E-state index is -3.43. The maximum Gasteiger partial charge on any atom is 0.324 e. The first-order chi connectivity index (χ1) is 9.77. The van der Waals surface area contributed by atoms with Gasteiger partial charge in [-0.1, -0.05) is 11.3 Å². The van der Waals surface area contributed by atoms with Crippen LogP contribution in [0.3, 0.4) is 0 Å². The van der Waals surface area contributed by atoms with Gasteiger partial charge in [0, 0.05) is 23.7 Å². The molecule has 9 heteroatoms. The van der Waals surface area contributed by atoms with Crippen LogP contribution in [-0.2, 0) is 16.4 Å². The van der Waals surface area contributed by atoms with Crippen molar-refractivity contribution in [2.24, 2.45) is 0 Å². The Kier molecular flexibility index (Phi) is 4.24. The molecule has 1 aromatic heterocycles. The van der Waals surface area contributed by atoms with Crippen LogP contribution in [0.4, 0.5) is 15.1 Å². The Morgan fingerprint density at radius 1 is 1.33 bits per heavy atom. The van der Waals surface area contributed by atoms with Gasteiger partial charge in [0.1, 0.15) is 5.82 Å². The van der Waals surface area contributed by atoms with Gasteiger partial charge >= 0.3 is 5.00 Å². The molecular weight excluding hydrogens is 319 g/mol. The molecule has 2 aromatic rings. The van der Waals surface area contributed by atoms with Crippen molar-refractivity contribution >= 4 is 31.9 Å². The second kappa shape index (κ2) is 5.78. The summed E-state index contributed by atoms with van der Waals surface area (Å²) >= 11 is 0.974. The van der Waals surface area contributed by atoms with Gasteiger partial charge in [-0.15, -0.1) is 0 Å². The summed E-state index contributed by atoms with van der Waals surface area (Å²) in [5.41, 5.74) is 0.0361. The SMILES string of the molecule is CS(=O)(=O)c1ccc(F)c(NCc2ccc([N+](=O)[O-])s2)c1. The number of hydrogen-bond acceptors (Lipinski definition) is 6. The van der Waals surface area contributed by atoms with Crippen molar-refractivity contribution in [2.75, 3.05) is 11.6 Å². The summed E-state index contributed by atoms with van der Waals surface area (Å²) in [7, 11) is -3.43. The zero-order chi connectivity index (χ0) is 15.6. The zero-order valence-electron chi connectivity index (χ0n) is 10.9. The van der Waals surface area contributed by atoms with Crippen molar-refractivity contribution in [3.8, 4) is 0 Å². The van der Waals surface area contributed by atoms with E-state index < -0.39 is 20.6 Å². The van der Waals surface area contributed by atoms with Crippen LogP contribution in [0.5, 0.6) is 0 Å². The summed E-state index contributed by atoms with van der Waals surface area (Å²) in [4.78, 5) is 10.7. The predicted octanol–water partition coefficient (Wildman–Crippen LogP) is 2.81. The maximum atomic E-state index is 13.6. The number of anilines is 1. The highest BCUT2D eigenvalue weighted by molar-refractivity contribution is 7.90. The lowest BCUT2D eigenvalue weighted by atomic mass is 10.3. The second-order valence-corrected chi connectivity index (χ2v) is 7.43. The maximum absolute atomic E-state index is 13.6. The van der Waals surface area contributed by atoms with Crippen LogP contribution in [0.1, 0.15) is 4.88 Å². The van der Waals surface area contributed by atoms with Crippen molar-refractivity contribution in [1.82, 2.24) is 0 Å². The molecule has 0 spiro atoms. The van der Waals surface area contributed by atoms with Crippen molar-refractivity contribution in [2.45, 2.75) is 11.4 Å². The van der Waals surface area contributed by atoms with Crippen molar-refractivity contribution in [3.63, 3.8) is 0 Å². The van der Waals surface area contributed by atoms with E-state index in [0.717, 1.165) is 23.7 Å². The first kappa shape index (κ1) is 15.4. The van der Waals surface area contributed by atoms with Gasteiger partial charge < -0.3 is 5.32 Å². The molecule has 0 fully saturated rings. The molecule has 0 aliphatic heterocycles. The molecule has 0 saturated heterocycles. The molecule has 1 aromatic carbocycles. The van der Waals surface area contributed by atoms with Gasteiger partial charge in [0.05, 0.1) is 15.5 Å². The Morgan fingerprint density at radius 2 is 2.05 bits per heavy atom. The Bertz CT molecular complexity index is 786. The fourth-order valence-electron chi connectivity index (χ4n) is 1.61. The quantitative estimate of drug-likeness (QED) is 0.517. The van der Waals surface area contributed by atoms with E-state index in [-0.39, 0.29) is 22.1 Å². The Hall–Kier alpha value is -2.00. The van der Waals surface area contributed by atoms with Crippen molar-refractivity contribution in [1.29, 1.82) is 0 Å². The van der Waals surface area contributed by atoms with Crippen LogP contribution in [0.25, 0.3) is 0 Å². The van der Waals surface area contributed by atoms with E-state index in [4.69, 9.17) is 0 Å². The number of sulfone groups is 1. The second-order valence-electron chi connectivity index (χ2n) is 4.26. The lowest BCUT2D eigenvalue weighted by Crippen LogP contribution is -2.03. The number of nitrogens with zero attached hydrogens (tertiary/aromatic N) is 1. The van der Waals surface area contributed by atoms with E-state index in [9.17, 15) is 22.9 Å². The topological polar surface area (TPSA) is 89.3 Å². The highest BCUT2D eigenvalue weighted by Gasteiger charge is 2.13. The van der Waals surface area contributed by atoms with E-state index in [0.29, 0.717) is 4.88 Å². The van der Waals surface area contributed by atoms with Gasteiger partial charge in [-0.3, -0.25) is 10.1 Å². The van der Waals surface area contributed by atoms with Crippen molar-refractivity contribution < 1.29 is 17.7 Å². The molecule has 112 valence electrons. The predicted molar refractivity (Wildman–Crippen MR) is 77.8 cm³/mol. The summed E-state index contributed by atoms with van der Waals surface area (Å²) in [6, 6.07) is 6.38. The summed E-state index contributed by atoms with van der Waals surface area (Å²) in [5.74, 6) is -0.589. The summed E-state index contributed by atoms with van der Waals surface area (Å²) in [6.45, 7) is 0.169. The molecule has 0 atom stereocenters. The molecule has 0 unspecified atom stereocenters. The first-order valence-corrected chi connectivity index (χ1v) is 8.45. The molecule has 6 nitrogen and oxygen atoms in total. The number of rotatable bonds is 5. The van der Waals surface area contributed by atoms with Crippen LogP contribution in [-0.4, -0.2) is 19.6 Å². The summed E-state index contributed by atoms with van der Waals surface area (Å²) in [5, 5.41) is 13.3. The van der Waals surface area contributed by atoms with Gasteiger partial charge in [-0.25, -0.2) is 12.8 Å². The highest BCUT2D eigenvalue weighted by atomic mass is 32.2. The average molecular weight is 330 g/mol. The molecule has 0 bridgehead atoms. The van der Waals surface area contributed by atoms with Crippen molar-refractivity contribution in [3.05, 3.63) is 51.1 Å². The smallest absolute Gasteiger partial charge is 0.324 e. The average Bonchev–Trinajstić information content (AvgIpc) is 2.85. The standard InChI is InChI=1S/C12H11FN2O4S2/c1-21(18,19)9-3-4-10(13)11(6-9)14-7-8-2-5-12(20-8)15(16)17/h2-6,14H,7H2,1H3. The fourth-order valence-corrected chi connectivity index (χ4v) is 3.02. The normalized spacial score (nSPS) is 11.3. The van der Waals surface area contributed by atoms with E-state index >= 15 is 0 Å². The molecule has 1 N–H and O–H groups in total. The van der Waals surface area contributed by atoms with Gasteiger partial charge in [0.15, 0.2) is 9.84 Å². The molecule has 2 rings (SSSR count). The fraction of sp³-hybridized carbons (Fsp3) is 0.167. The minimum absolute atomic E-state index is 0.00263. The highest BCUT2D eigenvalue weighted by Crippen LogP contribution is 2.26. The molecular formula is C12H11FN2O4S2. The third-order valence-corrected chi connectivity index (χ3v) is 4.79. The van der Waals surface area contributed by atoms with Crippen LogP contribution < -0.4 is 5.32 Å². The molecule has 0 saturated carbocycles.